The van der Waals surface area contributed by atoms with Crippen molar-refractivity contribution in [2.75, 3.05) is 44.7 Å². The molecule has 1 fully saturated rings. The molecule has 0 spiro atoms. The highest BCUT2D eigenvalue weighted by molar-refractivity contribution is 5.74. The molecule has 0 unspecified atom stereocenters. The third-order valence-corrected chi connectivity index (χ3v) is 4.95. The van der Waals surface area contributed by atoms with Gasteiger partial charge in [0.25, 0.3) is 0 Å². The maximum atomic E-state index is 12.5. The maximum absolute atomic E-state index is 12.5. The molecule has 0 aliphatic carbocycles. The van der Waals surface area contributed by atoms with Gasteiger partial charge in [-0.1, -0.05) is 13.8 Å². The zero-order valence-electron chi connectivity index (χ0n) is 15.0. The van der Waals surface area contributed by atoms with Crippen molar-refractivity contribution in [3.05, 3.63) is 18.3 Å². The van der Waals surface area contributed by atoms with E-state index >= 15 is 0 Å². The molecule has 1 aromatic rings. The molecule has 1 saturated heterocycles. The third kappa shape index (κ3) is 4.56. The number of carbonyl (C=O) groups is 1. The molecule has 1 aromatic heterocycles. The lowest BCUT2D eigenvalue weighted by Crippen LogP contribution is -2.49. The molecular weight excluding hydrogens is 306 g/mol. The minimum Gasteiger partial charge on any atom is -0.376 e. The predicted molar refractivity (Wildman–Crippen MR) is 94.2 cm³/mol. The molecule has 24 heavy (non-hydrogen) atoms. The summed E-state index contributed by atoms with van der Waals surface area (Å²) in [5, 5.41) is 11.1. The van der Waals surface area contributed by atoms with Gasteiger partial charge < -0.3 is 19.9 Å². The average molecular weight is 335 g/mol. The summed E-state index contributed by atoms with van der Waals surface area (Å²) in [5.41, 5.74) is -0.271. The van der Waals surface area contributed by atoms with Crippen LogP contribution in [0.1, 0.15) is 33.1 Å². The van der Waals surface area contributed by atoms with Crippen molar-refractivity contribution in [1.29, 1.82) is 0 Å². The molecule has 0 atom stereocenters. The van der Waals surface area contributed by atoms with Crippen molar-refractivity contribution in [3.8, 4) is 0 Å². The maximum Gasteiger partial charge on any atom is 0.317 e. The topological polar surface area (TPSA) is 70.6 Å². The van der Waals surface area contributed by atoms with Crippen LogP contribution in [0.15, 0.2) is 18.3 Å². The van der Waals surface area contributed by atoms with Crippen LogP contribution >= 0.6 is 0 Å². The van der Waals surface area contributed by atoms with E-state index in [1.807, 2.05) is 17.0 Å². The number of nitrogens with zero attached hydrogens (tertiary/aromatic N) is 4. The lowest BCUT2D eigenvalue weighted by atomic mass is 9.97. The van der Waals surface area contributed by atoms with E-state index in [0.717, 1.165) is 44.7 Å². The Labute approximate surface area is 144 Å². The lowest BCUT2D eigenvalue weighted by Gasteiger charge is -2.31. The Balaban J connectivity index is 1.88. The zero-order chi connectivity index (χ0) is 17.4. The number of ether oxygens (including phenoxy) is 1. The van der Waals surface area contributed by atoms with E-state index in [-0.39, 0.29) is 11.6 Å². The van der Waals surface area contributed by atoms with E-state index in [2.05, 4.69) is 34.3 Å². The van der Waals surface area contributed by atoms with Crippen molar-refractivity contribution in [1.82, 2.24) is 20.4 Å². The molecule has 1 N–H and O–H groups in total. The fraction of sp³-hybridized carbons (Fsp3) is 0.706. The van der Waals surface area contributed by atoms with Crippen molar-refractivity contribution in [3.63, 3.8) is 0 Å². The molecular formula is C17H29N5O2. The quantitative estimate of drug-likeness (QED) is 0.860. The van der Waals surface area contributed by atoms with Gasteiger partial charge in [0.1, 0.15) is 0 Å². The minimum atomic E-state index is -0.271. The van der Waals surface area contributed by atoms with E-state index in [0.29, 0.717) is 13.1 Å². The van der Waals surface area contributed by atoms with Crippen LogP contribution in [0.4, 0.5) is 10.6 Å². The van der Waals surface area contributed by atoms with Gasteiger partial charge in [-0.15, -0.1) is 5.10 Å². The summed E-state index contributed by atoms with van der Waals surface area (Å²) in [6.45, 7) is 7.80. The summed E-state index contributed by atoms with van der Waals surface area (Å²) >= 11 is 0. The number of hydrogen-bond donors (Lipinski definition) is 1. The van der Waals surface area contributed by atoms with Crippen LogP contribution in [0.2, 0.25) is 0 Å². The fourth-order valence-corrected chi connectivity index (χ4v) is 3.02. The molecule has 2 amide bonds. The van der Waals surface area contributed by atoms with Crippen LogP contribution in [-0.2, 0) is 4.74 Å². The van der Waals surface area contributed by atoms with Crippen molar-refractivity contribution < 1.29 is 9.53 Å². The Morgan fingerprint density at radius 1 is 1.29 bits per heavy atom. The SMILES string of the molecule is CCC(CC)(CNC(=O)N1CCCN(c2cccnn2)CC1)OC. The molecule has 134 valence electrons. The van der Waals surface area contributed by atoms with Gasteiger partial charge in [-0.2, -0.15) is 5.10 Å². The van der Waals surface area contributed by atoms with Crippen LogP contribution in [-0.4, -0.2) is 66.6 Å². The van der Waals surface area contributed by atoms with Gasteiger partial charge >= 0.3 is 6.03 Å². The average Bonchev–Trinajstić information content (AvgIpc) is 2.90. The van der Waals surface area contributed by atoms with Crippen LogP contribution < -0.4 is 10.2 Å². The Morgan fingerprint density at radius 2 is 2.08 bits per heavy atom. The number of methoxy groups -OCH3 is 1. The second-order valence-electron chi connectivity index (χ2n) is 6.16. The number of urea groups is 1. The second kappa shape index (κ2) is 8.82. The number of aromatic nitrogens is 2. The molecule has 7 nitrogen and oxygen atoms in total. The number of rotatable bonds is 6. The normalized spacial score (nSPS) is 16.0. The highest BCUT2D eigenvalue weighted by atomic mass is 16.5. The van der Waals surface area contributed by atoms with Gasteiger partial charge in [0.05, 0.1) is 5.60 Å². The Hall–Kier alpha value is -1.89. The number of hydrogen-bond acceptors (Lipinski definition) is 5. The first-order valence-electron chi connectivity index (χ1n) is 8.74. The van der Waals surface area contributed by atoms with E-state index in [9.17, 15) is 4.79 Å². The molecule has 7 heteroatoms. The fourth-order valence-electron chi connectivity index (χ4n) is 3.02. The summed E-state index contributed by atoms with van der Waals surface area (Å²) in [6.07, 6.45) is 4.34. The van der Waals surface area contributed by atoms with Gasteiger partial charge in [-0.25, -0.2) is 4.79 Å². The lowest BCUT2D eigenvalue weighted by molar-refractivity contribution is -0.0142. The highest BCUT2D eigenvalue weighted by Crippen LogP contribution is 2.18. The largest absolute Gasteiger partial charge is 0.376 e. The smallest absolute Gasteiger partial charge is 0.317 e. The summed E-state index contributed by atoms with van der Waals surface area (Å²) in [5.74, 6) is 0.870. The standard InChI is InChI=1S/C17H29N5O2/c1-4-17(5-2,24-3)14-18-16(23)22-11-7-10-21(12-13-22)15-8-6-9-19-20-15/h6,8-9H,4-5,7,10-14H2,1-3H3,(H,18,23). The summed E-state index contributed by atoms with van der Waals surface area (Å²) in [4.78, 5) is 16.6. The molecule has 2 rings (SSSR count). The Morgan fingerprint density at radius 3 is 2.71 bits per heavy atom. The highest BCUT2D eigenvalue weighted by Gasteiger charge is 2.27. The van der Waals surface area contributed by atoms with Gasteiger partial charge in [0.15, 0.2) is 5.82 Å². The first-order valence-corrected chi connectivity index (χ1v) is 8.74. The summed E-state index contributed by atoms with van der Waals surface area (Å²) in [6, 6.07) is 3.83. The number of carbonyl (C=O) groups excluding carboxylic acids is 1. The van der Waals surface area contributed by atoms with Crippen LogP contribution in [0.5, 0.6) is 0 Å². The van der Waals surface area contributed by atoms with E-state index < -0.39 is 0 Å². The first kappa shape index (κ1) is 18.4. The Kier molecular flexibility index (Phi) is 6.78. The second-order valence-corrected chi connectivity index (χ2v) is 6.16. The van der Waals surface area contributed by atoms with Gasteiger partial charge in [0, 0.05) is 46.0 Å². The monoisotopic (exact) mass is 335 g/mol. The van der Waals surface area contributed by atoms with Crippen LogP contribution in [0, 0.1) is 0 Å². The number of amides is 2. The third-order valence-electron chi connectivity index (χ3n) is 4.95. The number of nitrogens with one attached hydrogen (secondary N) is 1. The number of anilines is 1. The van der Waals surface area contributed by atoms with Crippen LogP contribution in [0.25, 0.3) is 0 Å². The molecule has 0 bridgehead atoms. The van der Waals surface area contributed by atoms with Crippen molar-refractivity contribution >= 4 is 11.8 Å². The molecule has 2 heterocycles. The van der Waals surface area contributed by atoms with Gasteiger partial charge in [0.2, 0.25) is 0 Å². The van der Waals surface area contributed by atoms with E-state index in [4.69, 9.17) is 4.74 Å². The molecule has 1 aliphatic rings. The van der Waals surface area contributed by atoms with E-state index in [1.54, 1.807) is 13.3 Å². The molecule has 1 aliphatic heterocycles. The predicted octanol–water partition coefficient (Wildman–Crippen LogP) is 1.90. The molecule has 0 aromatic carbocycles. The Bertz CT molecular complexity index is 499. The van der Waals surface area contributed by atoms with E-state index in [1.165, 1.54) is 0 Å². The minimum absolute atomic E-state index is 0.0145. The van der Waals surface area contributed by atoms with Crippen molar-refractivity contribution in [2.45, 2.75) is 38.7 Å². The molecule has 0 saturated carbocycles. The first-order chi connectivity index (χ1) is 11.6. The summed E-state index contributed by atoms with van der Waals surface area (Å²) in [7, 11) is 1.71. The summed E-state index contributed by atoms with van der Waals surface area (Å²) < 4.78 is 5.62. The zero-order valence-corrected chi connectivity index (χ0v) is 15.0. The van der Waals surface area contributed by atoms with Gasteiger partial charge in [-0.3, -0.25) is 0 Å². The van der Waals surface area contributed by atoms with Crippen LogP contribution in [0.3, 0.4) is 0 Å². The van der Waals surface area contributed by atoms with Gasteiger partial charge in [-0.05, 0) is 31.4 Å². The van der Waals surface area contributed by atoms with Crippen molar-refractivity contribution in [2.24, 2.45) is 0 Å². The molecule has 0 radical (unpaired) electrons.